The number of rotatable bonds is 6. The van der Waals surface area contributed by atoms with Crippen LogP contribution in [-0.2, 0) is 9.47 Å². The van der Waals surface area contributed by atoms with E-state index in [9.17, 15) is 20.1 Å². The van der Waals surface area contributed by atoms with E-state index in [1.165, 1.54) is 17.8 Å². The van der Waals surface area contributed by atoms with Crippen molar-refractivity contribution >= 4 is 17.9 Å². The van der Waals surface area contributed by atoms with Gasteiger partial charge in [0.1, 0.15) is 30.4 Å². The Balaban J connectivity index is 2.15. The molecule has 0 spiro atoms. The fourth-order valence-electron chi connectivity index (χ4n) is 2.40. The molecule has 0 bridgehead atoms. The van der Waals surface area contributed by atoms with E-state index < -0.39 is 42.5 Å². The largest absolute Gasteiger partial charge is 0.445 e. The number of aryl methyl sites for hydroxylation is 1. The Morgan fingerprint density at radius 1 is 1.36 bits per heavy atom. The zero-order valence-corrected chi connectivity index (χ0v) is 14.7. The fraction of sp³-hybridized carbons (Fsp3) is 0.471. The number of hydrogen-bond donors (Lipinski definition) is 4. The van der Waals surface area contributed by atoms with E-state index in [0.717, 1.165) is 10.5 Å². The first-order valence-electron chi connectivity index (χ1n) is 7.86. The van der Waals surface area contributed by atoms with Crippen LogP contribution in [0.2, 0.25) is 0 Å². The van der Waals surface area contributed by atoms with Gasteiger partial charge < -0.3 is 30.1 Å². The van der Waals surface area contributed by atoms with Crippen LogP contribution in [0, 0.1) is 6.92 Å². The highest BCUT2D eigenvalue weighted by Crippen LogP contribution is 2.33. The number of carbonyl (C=O) groups is 1. The van der Waals surface area contributed by atoms with Crippen LogP contribution < -0.4 is 5.32 Å². The molecule has 1 aliphatic rings. The number of aliphatic hydroxyl groups is 3. The molecule has 5 atom stereocenters. The Kier molecular flexibility index (Phi) is 7.27. The summed E-state index contributed by atoms with van der Waals surface area (Å²) in [4.78, 5) is 12.7. The van der Waals surface area contributed by atoms with Crippen molar-refractivity contribution < 1.29 is 29.6 Å². The van der Waals surface area contributed by atoms with Crippen molar-refractivity contribution in [2.75, 3.05) is 13.2 Å². The van der Waals surface area contributed by atoms with Crippen LogP contribution in [0.15, 0.2) is 41.8 Å². The van der Waals surface area contributed by atoms with E-state index in [2.05, 4.69) is 11.9 Å². The monoisotopic (exact) mass is 369 g/mol. The number of thioether (sulfide) groups is 1. The molecule has 138 valence electrons. The molecule has 25 heavy (non-hydrogen) atoms. The molecular weight excluding hydrogens is 346 g/mol. The van der Waals surface area contributed by atoms with Crippen molar-refractivity contribution in [1.29, 1.82) is 0 Å². The molecule has 7 nitrogen and oxygen atoms in total. The van der Waals surface area contributed by atoms with Gasteiger partial charge in [0.25, 0.3) is 0 Å². The fourth-order valence-corrected chi connectivity index (χ4v) is 3.54. The van der Waals surface area contributed by atoms with Gasteiger partial charge in [0, 0.05) is 4.90 Å². The second-order valence-electron chi connectivity index (χ2n) is 5.69. The number of ether oxygens (including phenoxy) is 2. The van der Waals surface area contributed by atoms with Gasteiger partial charge in [-0.2, -0.15) is 0 Å². The van der Waals surface area contributed by atoms with Gasteiger partial charge in [-0.1, -0.05) is 42.1 Å². The van der Waals surface area contributed by atoms with Gasteiger partial charge in [0.2, 0.25) is 0 Å². The van der Waals surface area contributed by atoms with Crippen molar-refractivity contribution in [2.45, 2.75) is 41.6 Å². The number of nitrogens with one attached hydrogen (secondary N) is 1. The lowest BCUT2D eigenvalue weighted by Crippen LogP contribution is -2.63. The summed E-state index contributed by atoms with van der Waals surface area (Å²) in [6.45, 7) is 4.99. The third-order valence-electron chi connectivity index (χ3n) is 3.77. The molecule has 1 aliphatic heterocycles. The molecule has 4 N–H and O–H groups in total. The quantitative estimate of drug-likeness (QED) is 0.550. The normalized spacial score (nSPS) is 29.0. The summed E-state index contributed by atoms with van der Waals surface area (Å²) in [6, 6.07) is 6.73. The minimum Gasteiger partial charge on any atom is -0.445 e. The maximum absolute atomic E-state index is 11.8. The molecule has 1 amide bonds. The van der Waals surface area contributed by atoms with Gasteiger partial charge in [-0.3, -0.25) is 0 Å². The highest BCUT2D eigenvalue weighted by molar-refractivity contribution is 7.99. The zero-order chi connectivity index (χ0) is 18.4. The van der Waals surface area contributed by atoms with E-state index in [1.54, 1.807) is 0 Å². The third-order valence-corrected chi connectivity index (χ3v) is 4.95. The van der Waals surface area contributed by atoms with Gasteiger partial charge in [-0.25, -0.2) is 4.79 Å². The minimum absolute atomic E-state index is 0.0209. The first-order valence-corrected chi connectivity index (χ1v) is 8.74. The summed E-state index contributed by atoms with van der Waals surface area (Å²) in [5, 5.41) is 32.3. The summed E-state index contributed by atoms with van der Waals surface area (Å²) in [6.07, 6.45) is -2.92. The topological polar surface area (TPSA) is 108 Å². The van der Waals surface area contributed by atoms with Crippen LogP contribution in [0.5, 0.6) is 0 Å². The van der Waals surface area contributed by atoms with E-state index in [4.69, 9.17) is 9.47 Å². The van der Waals surface area contributed by atoms with Gasteiger partial charge >= 0.3 is 6.09 Å². The summed E-state index contributed by atoms with van der Waals surface area (Å²) in [7, 11) is 0. The van der Waals surface area contributed by atoms with Gasteiger partial charge in [-0.05, 0) is 19.1 Å². The Hall–Kier alpha value is -1.58. The minimum atomic E-state index is -1.33. The Morgan fingerprint density at radius 2 is 2.04 bits per heavy atom. The van der Waals surface area contributed by atoms with Crippen molar-refractivity contribution in [3.63, 3.8) is 0 Å². The summed E-state index contributed by atoms with van der Waals surface area (Å²) in [5.41, 5.74) is 0.384. The third kappa shape index (κ3) is 5.20. The van der Waals surface area contributed by atoms with Crippen molar-refractivity contribution in [1.82, 2.24) is 5.32 Å². The lowest BCUT2D eigenvalue weighted by molar-refractivity contribution is -0.170. The molecule has 0 aliphatic carbocycles. The highest BCUT2D eigenvalue weighted by atomic mass is 32.2. The Bertz CT molecular complexity index is 581. The van der Waals surface area contributed by atoms with Crippen LogP contribution in [-0.4, -0.2) is 64.4 Å². The second kappa shape index (κ2) is 9.21. The molecule has 1 aromatic carbocycles. The lowest BCUT2D eigenvalue weighted by atomic mass is 9.98. The van der Waals surface area contributed by atoms with Crippen LogP contribution in [0.25, 0.3) is 0 Å². The average molecular weight is 369 g/mol. The van der Waals surface area contributed by atoms with E-state index in [0.29, 0.717) is 0 Å². The maximum atomic E-state index is 11.8. The van der Waals surface area contributed by atoms with Gasteiger partial charge in [0.05, 0.1) is 12.6 Å². The lowest BCUT2D eigenvalue weighted by Gasteiger charge is -2.42. The predicted octanol–water partition coefficient (Wildman–Crippen LogP) is 0.807. The molecule has 8 heteroatoms. The SMILES string of the molecule is C=CCOC(=O)N[C@@H]1[C@@H](O)[C@H](O)[C@@H](CO)O[C@H]1Sc1ccc(C)cc1. The van der Waals surface area contributed by atoms with Crippen molar-refractivity contribution in [3.05, 3.63) is 42.5 Å². The van der Waals surface area contributed by atoms with E-state index in [1.807, 2.05) is 31.2 Å². The first kappa shape index (κ1) is 19.7. The molecule has 1 saturated heterocycles. The van der Waals surface area contributed by atoms with Crippen LogP contribution in [0.4, 0.5) is 4.79 Å². The molecule has 1 fully saturated rings. The van der Waals surface area contributed by atoms with E-state index in [-0.39, 0.29) is 6.61 Å². The Morgan fingerprint density at radius 3 is 2.64 bits per heavy atom. The Labute approximate surface area is 150 Å². The molecular formula is C17H23NO6S. The number of hydrogen-bond acceptors (Lipinski definition) is 7. The van der Waals surface area contributed by atoms with Crippen molar-refractivity contribution in [3.8, 4) is 0 Å². The molecule has 0 radical (unpaired) electrons. The standard InChI is InChI=1S/C17H23NO6S/c1-3-8-23-17(22)18-13-15(21)14(20)12(9-19)24-16(13)25-11-6-4-10(2)5-7-11/h3-7,12-16,19-21H,1,8-9H2,2H3,(H,18,22)/t12-,13-,14-,15-,16+/m1/s1. The van der Waals surface area contributed by atoms with Crippen LogP contribution in [0.1, 0.15) is 5.56 Å². The van der Waals surface area contributed by atoms with E-state index >= 15 is 0 Å². The first-order chi connectivity index (χ1) is 12.0. The van der Waals surface area contributed by atoms with Crippen molar-refractivity contribution in [2.24, 2.45) is 0 Å². The number of amides is 1. The second-order valence-corrected chi connectivity index (χ2v) is 6.87. The molecule has 0 aromatic heterocycles. The van der Waals surface area contributed by atoms with Gasteiger partial charge in [0.15, 0.2) is 0 Å². The summed E-state index contributed by atoms with van der Waals surface area (Å²) >= 11 is 1.28. The molecule has 1 heterocycles. The van der Waals surface area contributed by atoms with Gasteiger partial charge in [-0.15, -0.1) is 0 Å². The number of alkyl carbamates (subject to hydrolysis) is 1. The summed E-state index contributed by atoms with van der Waals surface area (Å²) in [5.74, 6) is 0. The average Bonchev–Trinajstić information content (AvgIpc) is 2.61. The molecule has 0 unspecified atom stereocenters. The number of carbonyl (C=O) groups excluding carboxylic acids is 1. The zero-order valence-electron chi connectivity index (χ0n) is 13.9. The molecule has 2 rings (SSSR count). The number of benzene rings is 1. The maximum Gasteiger partial charge on any atom is 0.407 e. The number of aliphatic hydroxyl groups excluding tert-OH is 3. The van der Waals surface area contributed by atoms with Crippen LogP contribution >= 0.6 is 11.8 Å². The van der Waals surface area contributed by atoms with Crippen LogP contribution in [0.3, 0.4) is 0 Å². The highest BCUT2D eigenvalue weighted by Gasteiger charge is 2.45. The summed E-state index contributed by atoms with van der Waals surface area (Å²) < 4.78 is 10.6. The molecule has 0 saturated carbocycles. The molecule has 1 aromatic rings. The predicted molar refractivity (Wildman–Crippen MR) is 93.3 cm³/mol. The smallest absolute Gasteiger partial charge is 0.407 e.